The summed E-state index contributed by atoms with van der Waals surface area (Å²) in [6.07, 6.45) is 0.919. The van der Waals surface area contributed by atoms with E-state index < -0.39 is 30.0 Å². The highest BCUT2D eigenvalue weighted by molar-refractivity contribution is 6.65. The van der Waals surface area contributed by atoms with Crippen LogP contribution < -0.4 is 10.8 Å². The first-order valence-electron chi connectivity index (χ1n) is 11.1. The predicted octanol–water partition coefficient (Wildman–Crippen LogP) is 3.77. The Morgan fingerprint density at radius 2 is 1.69 bits per heavy atom. The Bertz CT molecular complexity index is 860. The van der Waals surface area contributed by atoms with Crippen LogP contribution in [0.5, 0.6) is 0 Å². The monoisotopic (exact) mass is 464 g/mol. The van der Waals surface area contributed by atoms with Crippen molar-refractivity contribution < 1.29 is 23.6 Å². The lowest BCUT2D eigenvalue weighted by atomic mass is 9.78. The summed E-state index contributed by atoms with van der Waals surface area (Å²) in [5, 5.41) is 3.33. The molecular formula is C23H34BClN2O5. The zero-order valence-electron chi connectivity index (χ0n) is 20.1. The second-order valence-corrected chi connectivity index (χ2v) is 10.9. The van der Waals surface area contributed by atoms with Gasteiger partial charge in [-0.15, -0.1) is 0 Å². The molecule has 176 valence electrons. The molecule has 9 heteroatoms. The molecule has 2 fully saturated rings. The maximum atomic E-state index is 13.0. The first-order chi connectivity index (χ1) is 14.7. The van der Waals surface area contributed by atoms with E-state index in [1.54, 1.807) is 23.1 Å². The normalized spacial score (nSPS) is 20.9. The van der Waals surface area contributed by atoms with Crippen LogP contribution in [-0.2, 0) is 14.0 Å². The number of nitrogens with zero attached hydrogens (tertiary/aromatic N) is 1. The lowest BCUT2D eigenvalue weighted by molar-refractivity contribution is 0.00578. The van der Waals surface area contributed by atoms with Crippen molar-refractivity contribution in [1.82, 2.24) is 10.2 Å². The summed E-state index contributed by atoms with van der Waals surface area (Å²) in [6, 6.07) is 5.23. The van der Waals surface area contributed by atoms with Gasteiger partial charge in [-0.1, -0.05) is 17.7 Å². The highest BCUT2D eigenvalue weighted by atomic mass is 35.5. The van der Waals surface area contributed by atoms with Gasteiger partial charge in [-0.3, -0.25) is 4.79 Å². The Kier molecular flexibility index (Phi) is 6.90. The Morgan fingerprint density at radius 1 is 1.12 bits per heavy atom. The largest absolute Gasteiger partial charge is 0.496 e. The third-order valence-electron chi connectivity index (χ3n) is 6.26. The number of ether oxygens (including phenoxy) is 1. The molecule has 1 N–H and O–H groups in total. The number of rotatable bonds is 3. The summed E-state index contributed by atoms with van der Waals surface area (Å²) in [5.41, 5.74) is -0.233. The van der Waals surface area contributed by atoms with E-state index in [2.05, 4.69) is 5.32 Å². The highest BCUT2D eigenvalue weighted by Gasteiger charge is 2.52. The van der Waals surface area contributed by atoms with E-state index in [-0.39, 0.29) is 11.9 Å². The summed E-state index contributed by atoms with van der Waals surface area (Å²) in [6.45, 7) is 14.5. The zero-order chi connectivity index (χ0) is 23.9. The van der Waals surface area contributed by atoms with Crippen LogP contribution in [0.3, 0.4) is 0 Å². The molecule has 1 aromatic rings. The van der Waals surface area contributed by atoms with Gasteiger partial charge in [0.15, 0.2) is 0 Å². The van der Waals surface area contributed by atoms with Crippen LogP contribution in [0.1, 0.15) is 71.7 Å². The van der Waals surface area contributed by atoms with Crippen LogP contribution in [0.25, 0.3) is 0 Å². The molecule has 0 radical (unpaired) electrons. The summed E-state index contributed by atoms with van der Waals surface area (Å²) < 4.78 is 17.5. The van der Waals surface area contributed by atoms with Crippen LogP contribution >= 0.6 is 11.6 Å². The molecule has 2 aliphatic rings. The van der Waals surface area contributed by atoms with Crippen molar-refractivity contribution in [2.45, 2.75) is 84.2 Å². The Balaban J connectivity index is 1.59. The topological polar surface area (TPSA) is 77.1 Å². The lowest BCUT2D eigenvalue weighted by Gasteiger charge is -2.33. The summed E-state index contributed by atoms with van der Waals surface area (Å²) in [4.78, 5) is 26.8. The van der Waals surface area contributed by atoms with Crippen LogP contribution in [0, 0.1) is 0 Å². The van der Waals surface area contributed by atoms with Crippen molar-refractivity contribution in [3.8, 4) is 0 Å². The van der Waals surface area contributed by atoms with Gasteiger partial charge in [0.05, 0.1) is 11.2 Å². The minimum atomic E-state index is -0.577. The van der Waals surface area contributed by atoms with E-state index in [4.69, 9.17) is 25.6 Å². The Morgan fingerprint density at radius 3 is 2.19 bits per heavy atom. The standard InChI is InChI=1S/C23H34BClN2O5/c1-21(2,3)30-20(29)26-16-10-12-27(13-11-16)19(28)15-8-9-17(18(25)14-15)24-31-22(4,5)23(6,7)32-24/h8-9,14,16H,10-13H2,1-7H3,(H,26,29). The fourth-order valence-electron chi connectivity index (χ4n) is 3.71. The fraction of sp³-hybridized carbons (Fsp3) is 0.652. The van der Waals surface area contributed by atoms with Crippen LogP contribution in [0.2, 0.25) is 5.02 Å². The van der Waals surface area contributed by atoms with Gasteiger partial charge in [0, 0.05) is 35.2 Å². The van der Waals surface area contributed by atoms with E-state index in [1.807, 2.05) is 48.5 Å². The van der Waals surface area contributed by atoms with E-state index in [0.29, 0.717) is 42.0 Å². The predicted molar refractivity (Wildman–Crippen MR) is 125 cm³/mol. The molecule has 2 amide bonds. The minimum absolute atomic E-state index is 0.0109. The van der Waals surface area contributed by atoms with Crippen molar-refractivity contribution >= 4 is 36.2 Å². The Hall–Kier alpha value is -1.77. The first-order valence-corrected chi connectivity index (χ1v) is 11.5. The lowest BCUT2D eigenvalue weighted by Crippen LogP contribution is -2.47. The van der Waals surface area contributed by atoms with Gasteiger partial charge in [0.25, 0.3) is 5.91 Å². The van der Waals surface area contributed by atoms with Gasteiger partial charge in [-0.2, -0.15) is 0 Å². The van der Waals surface area contributed by atoms with E-state index in [0.717, 1.165) is 0 Å². The molecule has 7 nitrogen and oxygen atoms in total. The number of likely N-dealkylation sites (tertiary alicyclic amines) is 1. The maximum absolute atomic E-state index is 13.0. The fourth-order valence-corrected chi connectivity index (χ4v) is 3.97. The second-order valence-electron chi connectivity index (χ2n) is 10.5. The quantitative estimate of drug-likeness (QED) is 0.689. The van der Waals surface area contributed by atoms with Gasteiger partial charge >= 0.3 is 13.2 Å². The number of hydrogen-bond acceptors (Lipinski definition) is 5. The maximum Gasteiger partial charge on any atom is 0.496 e. The molecule has 2 heterocycles. The first kappa shape index (κ1) is 24.9. The highest BCUT2D eigenvalue weighted by Crippen LogP contribution is 2.37. The number of hydrogen-bond donors (Lipinski definition) is 1. The molecule has 0 atom stereocenters. The summed E-state index contributed by atoms with van der Waals surface area (Å²) in [5.74, 6) is -0.0805. The van der Waals surface area contributed by atoms with Gasteiger partial charge < -0.3 is 24.3 Å². The van der Waals surface area contributed by atoms with E-state index in [9.17, 15) is 9.59 Å². The summed E-state index contributed by atoms with van der Waals surface area (Å²) in [7, 11) is -0.577. The third kappa shape index (κ3) is 5.59. The van der Waals surface area contributed by atoms with Crippen molar-refractivity contribution in [2.75, 3.05) is 13.1 Å². The van der Waals surface area contributed by atoms with Crippen molar-refractivity contribution in [1.29, 1.82) is 0 Å². The minimum Gasteiger partial charge on any atom is -0.444 e. The average Bonchev–Trinajstić information content (AvgIpc) is 2.87. The van der Waals surface area contributed by atoms with Gasteiger partial charge in [-0.25, -0.2) is 4.79 Å². The molecule has 0 spiro atoms. The molecule has 3 rings (SSSR count). The SMILES string of the molecule is CC(C)(C)OC(=O)NC1CCN(C(=O)c2ccc(B3OC(C)(C)C(C)(C)O3)c(Cl)c2)CC1. The molecule has 0 aromatic heterocycles. The van der Waals surface area contributed by atoms with Crippen LogP contribution in [0.4, 0.5) is 4.79 Å². The molecule has 2 aliphatic heterocycles. The molecule has 0 aliphatic carbocycles. The number of carbonyl (C=O) groups is 2. The van der Waals surface area contributed by atoms with Crippen molar-refractivity contribution in [2.24, 2.45) is 0 Å². The number of alkyl carbamates (subject to hydrolysis) is 1. The summed E-state index contributed by atoms with van der Waals surface area (Å²) >= 11 is 6.52. The molecule has 2 saturated heterocycles. The smallest absolute Gasteiger partial charge is 0.444 e. The third-order valence-corrected chi connectivity index (χ3v) is 6.58. The van der Waals surface area contributed by atoms with Crippen LogP contribution in [-0.4, -0.2) is 60.0 Å². The molecule has 32 heavy (non-hydrogen) atoms. The molecular weight excluding hydrogens is 431 g/mol. The number of benzene rings is 1. The van der Waals surface area contributed by atoms with Gasteiger partial charge in [0.1, 0.15) is 5.60 Å². The Labute approximate surface area is 196 Å². The van der Waals surface area contributed by atoms with Gasteiger partial charge in [-0.05, 0) is 73.4 Å². The number of piperidine rings is 1. The second kappa shape index (κ2) is 8.88. The van der Waals surface area contributed by atoms with Crippen molar-refractivity contribution in [3.63, 3.8) is 0 Å². The molecule has 0 unspecified atom stereocenters. The molecule has 0 bridgehead atoms. The van der Waals surface area contributed by atoms with E-state index >= 15 is 0 Å². The number of halogens is 1. The number of carbonyl (C=O) groups excluding carboxylic acids is 2. The number of nitrogens with one attached hydrogen (secondary N) is 1. The average molecular weight is 465 g/mol. The van der Waals surface area contributed by atoms with E-state index in [1.165, 1.54) is 0 Å². The van der Waals surface area contributed by atoms with Crippen molar-refractivity contribution in [3.05, 3.63) is 28.8 Å². The zero-order valence-corrected chi connectivity index (χ0v) is 20.8. The van der Waals surface area contributed by atoms with Gasteiger partial charge in [0.2, 0.25) is 0 Å². The van der Waals surface area contributed by atoms with Crippen LogP contribution in [0.15, 0.2) is 18.2 Å². The molecule has 0 saturated carbocycles. The number of amides is 2. The molecule has 1 aromatic carbocycles.